The molecule has 19 heavy (non-hydrogen) atoms. The summed E-state index contributed by atoms with van der Waals surface area (Å²) in [6.07, 6.45) is 2.31. The molecule has 4 N–H and O–H groups in total. The number of benzene rings is 1. The van der Waals surface area contributed by atoms with Crippen molar-refractivity contribution in [1.29, 1.82) is 0 Å². The molecule has 2 aromatic heterocycles. The number of aromatic nitrogens is 5. The number of hydrogen-bond acceptors (Lipinski definition) is 5. The number of hydrogen-bond donors (Lipinski definition) is 3. The van der Waals surface area contributed by atoms with E-state index in [1.807, 2.05) is 31.3 Å². The number of para-hydroxylation sites is 2. The van der Waals surface area contributed by atoms with Gasteiger partial charge >= 0.3 is 0 Å². The molecule has 0 bridgehead atoms. The molecule has 0 saturated carbocycles. The molecular formula is C12H15N7. The Morgan fingerprint density at radius 2 is 2.26 bits per heavy atom. The van der Waals surface area contributed by atoms with Crippen molar-refractivity contribution in [2.24, 2.45) is 12.9 Å². The third-order valence-electron chi connectivity index (χ3n) is 3.26. The van der Waals surface area contributed by atoms with Gasteiger partial charge in [-0.1, -0.05) is 12.1 Å². The lowest BCUT2D eigenvalue weighted by atomic mass is 10.1. The molecule has 3 rings (SSSR count). The van der Waals surface area contributed by atoms with Gasteiger partial charge < -0.3 is 4.57 Å². The second-order valence-corrected chi connectivity index (χ2v) is 4.39. The molecule has 0 aliphatic heterocycles. The zero-order valence-electron chi connectivity index (χ0n) is 10.5. The molecule has 3 aromatic rings. The number of hydrazine groups is 1. The van der Waals surface area contributed by atoms with E-state index in [4.69, 9.17) is 5.84 Å². The lowest BCUT2D eigenvalue weighted by Crippen LogP contribution is -2.30. The highest BCUT2D eigenvalue weighted by Crippen LogP contribution is 2.19. The molecular weight excluding hydrogens is 242 g/mol. The summed E-state index contributed by atoms with van der Waals surface area (Å²) in [7, 11) is 2.00. The summed E-state index contributed by atoms with van der Waals surface area (Å²) in [4.78, 5) is 4.62. The van der Waals surface area contributed by atoms with Crippen molar-refractivity contribution in [2.45, 2.75) is 12.5 Å². The molecule has 0 amide bonds. The van der Waals surface area contributed by atoms with Gasteiger partial charge in [0.15, 0.2) is 0 Å². The fraction of sp³-hybridized carbons (Fsp3) is 0.250. The number of nitrogens with one attached hydrogen (secondary N) is 2. The van der Waals surface area contributed by atoms with E-state index in [2.05, 4.69) is 30.4 Å². The monoisotopic (exact) mass is 257 g/mol. The second kappa shape index (κ2) is 4.79. The molecule has 0 spiro atoms. The Kier molecular flexibility index (Phi) is 2.98. The van der Waals surface area contributed by atoms with Crippen LogP contribution < -0.4 is 11.3 Å². The molecule has 7 nitrogen and oxygen atoms in total. The first-order chi connectivity index (χ1) is 9.29. The minimum Gasteiger partial charge on any atom is -0.331 e. The normalized spacial score (nSPS) is 12.9. The zero-order valence-corrected chi connectivity index (χ0v) is 10.5. The first-order valence-corrected chi connectivity index (χ1v) is 6.01. The second-order valence-electron chi connectivity index (χ2n) is 4.39. The summed E-state index contributed by atoms with van der Waals surface area (Å²) >= 11 is 0. The van der Waals surface area contributed by atoms with E-state index in [0.29, 0.717) is 6.42 Å². The topological polar surface area (TPSA) is 97.4 Å². The Bertz CT molecular complexity index is 671. The van der Waals surface area contributed by atoms with Crippen LogP contribution in [0.1, 0.15) is 17.6 Å². The SMILES string of the molecule is Cn1c(CC(NN)c2cn[nH]n2)nc2ccccc21. The summed E-state index contributed by atoms with van der Waals surface area (Å²) in [5.41, 5.74) is 5.61. The molecule has 7 heteroatoms. The molecule has 0 fully saturated rings. The van der Waals surface area contributed by atoms with Crippen LogP contribution in [0.5, 0.6) is 0 Å². The van der Waals surface area contributed by atoms with Gasteiger partial charge in [-0.15, -0.1) is 0 Å². The fourth-order valence-electron chi connectivity index (χ4n) is 2.19. The van der Waals surface area contributed by atoms with Crippen molar-refractivity contribution < 1.29 is 0 Å². The molecule has 0 saturated heterocycles. The summed E-state index contributed by atoms with van der Waals surface area (Å²) in [5, 5.41) is 10.4. The van der Waals surface area contributed by atoms with Gasteiger partial charge in [0.2, 0.25) is 0 Å². The number of H-pyrrole nitrogens is 1. The minimum absolute atomic E-state index is 0.116. The molecule has 1 atom stereocenters. The van der Waals surface area contributed by atoms with Crippen LogP contribution in [0, 0.1) is 0 Å². The van der Waals surface area contributed by atoms with Crippen LogP contribution in [0.4, 0.5) is 0 Å². The number of aryl methyl sites for hydroxylation is 1. The highest BCUT2D eigenvalue weighted by Gasteiger charge is 2.17. The van der Waals surface area contributed by atoms with Crippen molar-refractivity contribution in [2.75, 3.05) is 0 Å². The first-order valence-electron chi connectivity index (χ1n) is 6.01. The van der Waals surface area contributed by atoms with Gasteiger partial charge in [0, 0.05) is 13.5 Å². The smallest absolute Gasteiger partial charge is 0.111 e. The van der Waals surface area contributed by atoms with Crippen LogP contribution in [-0.2, 0) is 13.5 Å². The Morgan fingerprint density at radius 3 is 2.95 bits per heavy atom. The Balaban J connectivity index is 1.94. The van der Waals surface area contributed by atoms with Gasteiger partial charge in [-0.25, -0.2) is 4.98 Å². The van der Waals surface area contributed by atoms with Crippen LogP contribution in [0.25, 0.3) is 11.0 Å². The Morgan fingerprint density at radius 1 is 1.42 bits per heavy atom. The molecule has 1 unspecified atom stereocenters. The maximum Gasteiger partial charge on any atom is 0.111 e. The van der Waals surface area contributed by atoms with Crippen LogP contribution >= 0.6 is 0 Å². The lowest BCUT2D eigenvalue weighted by Gasteiger charge is -2.12. The fourth-order valence-corrected chi connectivity index (χ4v) is 2.19. The third-order valence-corrected chi connectivity index (χ3v) is 3.26. The van der Waals surface area contributed by atoms with Gasteiger partial charge in [-0.2, -0.15) is 15.4 Å². The van der Waals surface area contributed by atoms with E-state index in [9.17, 15) is 0 Å². The first kappa shape index (κ1) is 11.8. The molecule has 98 valence electrons. The number of nitrogens with zero attached hydrogens (tertiary/aromatic N) is 4. The van der Waals surface area contributed by atoms with Crippen LogP contribution in [0.2, 0.25) is 0 Å². The van der Waals surface area contributed by atoms with E-state index in [-0.39, 0.29) is 6.04 Å². The van der Waals surface area contributed by atoms with Crippen molar-refractivity contribution >= 4 is 11.0 Å². The predicted molar refractivity (Wildman–Crippen MR) is 70.9 cm³/mol. The van der Waals surface area contributed by atoms with Crippen molar-refractivity contribution in [3.8, 4) is 0 Å². The van der Waals surface area contributed by atoms with Gasteiger partial charge in [0.05, 0.1) is 23.3 Å². The number of rotatable bonds is 4. The summed E-state index contributed by atoms with van der Waals surface area (Å²) in [6, 6.07) is 7.92. The van der Waals surface area contributed by atoms with Crippen LogP contribution in [0.3, 0.4) is 0 Å². The number of nitrogens with two attached hydrogens (primary N) is 1. The number of fused-ring (bicyclic) bond motifs is 1. The van der Waals surface area contributed by atoms with Crippen LogP contribution in [0.15, 0.2) is 30.5 Å². The van der Waals surface area contributed by atoms with E-state index in [1.165, 1.54) is 0 Å². The molecule has 1 aromatic carbocycles. The average Bonchev–Trinajstić information content (AvgIpc) is 3.06. The molecule has 0 aliphatic rings. The third kappa shape index (κ3) is 2.09. The van der Waals surface area contributed by atoms with E-state index < -0.39 is 0 Å². The van der Waals surface area contributed by atoms with Gasteiger partial charge in [-0.3, -0.25) is 11.3 Å². The van der Waals surface area contributed by atoms with Gasteiger partial charge in [0.25, 0.3) is 0 Å². The van der Waals surface area contributed by atoms with Gasteiger partial charge in [0.1, 0.15) is 11.5 Å². The van der Waals surface area contributed by atoms with E-state index in [1.54, 1.807) is 6.20 Å². The zero-order chi connectivity index (χ0) is 13.2. The van der Waals surface area contributed by atoms with Crippen molar-refractivity contribution in [3.63, 3.8) is 0 Å². The summed E-state index contributed by atoms with van der Waals surface area (Å²) < 4.78 is 2.07. The van der Waals surface area contributed by atoms with Crippen molar-refractivity contribution in [3.05, 3.63) is 42.0 Å². The quantitative estimate of drug-likeness (QED) is 0.465. The van der Waals surface area contributed by atoms with Crippen LogP contribution in [-0.4, -0.2) is 25.0 Å². The highest BCUT2D eigenvalue weighted by atomic mass is 15.3. The van der Waals surface area contributed by atoms with Gasteiger partial charge in [-0.05, 0) is 12.1 Å². The average molecular weight is 257 g/mol. The lowest BCUT2D eigenvalue weighted by molar-refractivity contribution is 0.519. The largest absolute Gasteiger partial charge is 0.331 e. The Labute approximate surface area is 109 Å². The summed E-state index contributed by atoms with van der Waals surface area (Å²) in [6.45, 7) is 0. The molecule has 0 aliphatic carbocycles. The summed E-state index contributed by atoms with van der Waals surface area (Å²) in [5.74, 6) is 6.54. The highest BCUT2D eigenvalue weighted by molar-refractivity contribution is 5.75. The predicted octanol–water partition coefficient (Wildman–Crippen LogP) is 0.439. The van der Waals surface area contributed by atoms with E-state index >= 15 is 0 Å². The Hall–Kier alpha value is -2.25. The number of imidazole rings is 1. The maximum absolute atomic E-state index is 5.59. The molecule has 0 radical (unpaired) electrons. The van der Waals surface area contributed by atoms with Crippen molar-refractivity contribution in [1.82, 2.24) is 30.4 Å². The standard InChI is InChI=1S/C12H15N7/c1-19-11-5-3-2-4-8(11)15-12(19)6-9(16-13)10-7-14-18-17-10/h2-5,7,9,16H,6,13H2,1H3,(H,14,17,18). The minimum atomic E-state index is -0.116. The number of aromatic amines is 1. The maximum atomic E-state index is 5.59. The molecule has 2 heterocycles. The van der Waals surface area contributed by atoms with E-state index in [0.717, 1.165) is 22.6 Å².